The van der Waals surface area contributed by atoms with Crippen molar-refractivity contribution in [1.82, 2.24) is 19.1 Å². The number of oxime groups is 2. The Kier molecular flexibility index (Phi) is 20.3. The van der Waals surface area contributed by atoms with E-state index in [0.29, 0.717) is 63.2 Å². The normalized spacial score (nSPS) is 18.6. The Balaban J connectivity index is 0.000000382. The third-order valence-corrected chi connectivity index (χ3v) is 10.3. The van der Waals surface area contributed by atoms with Gasteiger partial charge in [0.05, 0.1) is 47.8 Å². The number of halogens is 2. The largest absolute Gasteiger partial charge is 0.477 e. The molecule has 4 aliphatic rings. The molecule has 4 fully saturated rings. The van der Waals surface area contributed by atoms with E-state index in [1.807, 2.05) is 0 Å². The number of aromatic carboxylic acids is 2. The highest BCUT2D eigenvalue weighted by Crippen LogP contribution is 2.39. The van der Waals surface area contributed by atoms with Gasteiger partial charge in [-0.3, -0.25) is 18.7 Å². The summed E-state index contributed by atoms with van der Waals surface area (Å²) in [6.07, 6.45) is 7.47. The monoisotopic (exact) mass is 1020 g/mol. The molecule has 384 valence electrons. The van der Waals surface area contributed by atoms with E-state index in [1.165, 1.54) is 26.6 Å². The first-order valence-corrected chi connectivity index (χ1v) is 23.5. The number of rotatable bonds is 10. The van der Waals surface area contributed by atoms with Crippen LogP contribution in [0.4, 0.5) is 20.4 Å². The van der Waals surface area contributed by atoms with Crippen LogP contribution in [0.2, 0.25) is 0 Å². The van der Waals surface area contributed by atoms with E-state index in [9.17, 15) is 55.0 Å². The van der Waals surface area contributed by atoms with Gasteiger partial charge in [-0.15, -0.1) is 0 Å². The van der Waals surface area contributed by atoms with Crippen LogP contribution in [-0.2, 0) is 29.9 Å². The third kappa shape index (κ3) is 14.8. The van der Waals surface area contributed by atoms with Crippen molar-refractivity contribution in [3.63, 3.8) is 0 Å². The number of hydrogen-bond acceptors (Lipinski definition) is 18. The Morgan fingerprint density at radius 3 is 1.25 bits per heavy atom. The molecule has 69 heavy (non-hydrogen) atoms. The minimum absolute atomic E-state index is 0. The Morgan fingerprint density at radius 2 is 1.00 bits per heavy atom. The molecule has 0 radical (unpaired) electrons. The molecule has 2 atom stereocenters. The van der Waals surface area contributed by atoms with Crippen molar-refractivity contribution in [1.29, 1.82) is 0 Å². The fraction of sp³-hybridized carbons (Fsp3) is 0.474. The van der Waals surface area contributed by atoms with Crippen LogP contribution in [0.15, 0.2) is 44.4 Å². The number of carboxylic acid groups (broad SMARTS) is 2. The third-order valence-electron chi connectivity index (χ3n) is 10.3. The number of hydrogen-bond donors (Lipinski definition) is 6. The standard InChI is InChI=1S/2C18H20FN5O4.2CH4O3S.3H2O/c2*1-28-22-14-8-23(6-9(14)5-20)17-13(19)4-11-15(25)12(18(26)27)7-24(10-2-3-10)16(11)21-17;2*1-5(2,3)4;;;/h2*4,7,9-10H,2-3,5-6,8,20H2,1H3,(H,26,27);2*1H3,(H,2,3,4);3*1H2/b2*22-14+;;;;;. The van der Waals surface area contributed by atoms with Gasteiger partial charge >= 0.3 is 11.9 Å². The van der Waals surface area contributed by atoms with Crippen LogP contribution in [-0.4, -0.2) is 161 Å². The van der Waals surface area contributed by atoms with Gasteiger partial charge < -0.3 is 66.7 Å². The number of nitrogens with two attached hydrogens (primary N) is 2. The molecule has 6 heterocycles. The van der Waals surface area contributed by atoms with Crippen molar-refractivity contribution in [2.75, 3.05) is 75.8 Å². The molecule has 2 saturated carbocycles. The van der Waals surface area contributed by atoms with E-state index in [2.05, 4.69) is 20.3 Å². The summed E-state index contributed by atoms with van der Waals surface area (Å²) in [6.45, 7) is 2.15. The quantitative estimate of drug-likeness (QED) is 0.0775. The molecule has 2 aliphatic heterocycles. The van der Waals surface area contributed by atoms with Crippen molar-refractivity contribution in [3.05, 3.63) is 67.7 Å². The Morgan fingerprint density at radius 1 is 0.696 bits per heavy atom. The maximum atomic E-state index is 14.9. The Bertz CT molecular complexity index is 2730. The molecule has 0 amide bonds. The smallest absolute Gasteiger partial charge is 0.341 e. The molecule has 0 aromatic carbocycles. The molecule has 2 aliphatic carbocycles. The topological polar surface area (TPSA) is 449 Å². The van der Waals surface area contributed by atoms with Gasteiger partial charge in [-0.25, -0.2) is 28.3 Å². The zero-order valence-electron chi connectivity index (χ0n) is 37.4. The summed E-state index contributed by atoms with van der Waals surface area (Å²) >= 11 is 0. The fourth-order valence-corrected chi connectivity index (χ4v) is 7.19. The molecule has 4 aromatic heterocycles. The first-order valence-electron chi connectivity index (χ1n) is 19.8. The number of fused-ring (bicyclic) bond motifs is 2. The highest BCUT2D eigenvalue weighted by Gasteiger charge is 2.35. The number of nitrogens with zero attached hydrogens (tertiary/aromatic N) is 8. The van der Waals surface area contributed by atoms with Crippen molar-refractivity contribution >= 4 is 77.3 Å². The highest BCUT2D eigenvalue weighted by molar-refractivity contribution is 7.85. The second kappa shape index (κ2) is 23.8. The van der Waals surface area contributed by atoms with E-state index >= 15 is 0 Å². The van der Waals surface area contributed by atoms with Crippen molar-refractivity contribution in [3.8, 4) is 0 Å². The van der Waals surface area contributed by atoms with Crippen LogP contribution in [0.3, 0.4) is 0 Å². The summed E-state index contributed by atoms with van der Waals surface area (Å²) in [4.78, 5) is 69.8. The van der Waals surface area contributed by atoms with Gasteiger partial charge in [0.2, 0.25) is 10.9 Å². The average Bonchev–Trinajstić information content (AvgIpc) is 4.16. The summed E-state index contributed by atoms with van der Waals surface area (Å²) < 4.78 is 84.8. The number of anilines is 2. The molecular weight excluding hydrogens is 971 g/mol. The van der Waals surface area contributed by atoms with Gasteiger partial charge in [0, 0.05) is 62.5 Å². The molecule has 14 N–H and O–H groups in total. The van der Waals surface area contributed by atoms with Crippen LogP contribution in [0.25, 0.3) is 22.1 Å². The molecule has 8 rings (SSSR count). The maximum Gasteiger partial charge on any atom is 0.341 e. The Hall–Kier alpha value is -6.32. The number of aromatic nitrogens is 4. The van der Waals surface area contributed by atoms with E-state index < -0.39 is 54.7 Å². The first kappa shape index (κ1) is 58.8. The molecule has 2 unspecified atom stereocenters. The van der Waals surface area contributed by atoms with E-state index in [-0.39, 0.29) is 85.2 Å². The van der Waals surface area contributed by atoms with Crippen LogP contribution in [0, 0.1) is 23.5 Å². The lowest BCUT2D eigenvalue weighted by atomic mass is 10.1. The second-order valence-corrected chi connectivity index (χ2v) is 18.5. The minimum Gasteiger partial charge on any atom is -0.477 e. The van der Waals surface area contributed by atoms with Crippen molar-refractivity contribution in [2.24, 2.45) is 33.6 Å². The predicted molar refractivity (Wildman–Crippen MR) is 247 cm³/mol. The molecule has 0 bridgehead atoms. The highest BCUT2D eigenvalue weighted by atomic mass is 32.2. The zero-order chi connectivity index (χ0) is 49.0. The minimum atomic E-state index is -3.67. The van der Waals surface area contributed by atoms with Crippen molar-refractivity contribution in [2.45, 2.75) is 37.8 Å². The maximum absolute atomic E-state index is 14.9. The number of carboxylic acids is 2. The zero-order valence-corrected chi connectivity index (χ0v) is 39.0. The molecular formula is C38H54F2N10O17S2. The Labute approximate surface area is 391 Å². The van der Waals surface area contributed by atoms with Crippen LogP contribution < -0.4 is 32.1 Å². The molecule has 27 nitrogen and oxygen atoms in total. The lowest BCUT2D eigenvalue weighted by Crippen LogP contribution is -2.26. The molecule has 4 aromatic rings. The van der Waals surface area contributed by atoms with E-state index in [1.54, 1.807) is 18.9 Å². The average molecular weight is 1030 g/mol. The summed E-state index contributed by atoms with van der Waals surface area (Å²) in [5, 5.41) is 26.5. The fourth-order valence-electron chi connectivity index (χ4n) is 7.19. The molecule has 31 heteroatoms. The van der Waals surface area contributed by atoms with Crippen LogP contribution in [0.5, 0.6) is 0 Å². The molecule has 0 spiro atoms. The van der Waals surface area contributed by atoms with Crippen LogP contribution >= 0.6 is 0 Å². The number of pyridine rings is 4. The van der Waals surface area contributed by atoms with Gasteiger partial charge in [-0.05, 0) is 37.8 Å². The summed E-state index contributed by atoms with van der Waals surface area (Å²) in [6, 6.07) is 2.28. The molecule has 2 saturated heterocycles. The lowest BCUT2D eigenvalue weighted by molar-refractivity contribution is 0.0684. The van der Waals surface area contributed by atoms with E-state index in [0.717, 1.165) is 37.8 Å². The summed E-state index contributed by atoms with van der Waals surface area (Å²) in [5.41, 5.74) is 11.3. The van der Waals surface area contributed by atoms with Crippen LogP contribution in [0.1, 0.15) is 58.5 Å². The second-order valence-electron chi connectivity index (χ2n) is 15.6. The van der Waals surface area contributed by atoms with Gasteiger partial charge in [0.25, 0.3) is 20.2 Å². The first-order chi connectivity index (χ1) is 30.9. The van der Waals surface area contributed by atoms with Crippen molar-refractivity contribution < 1.29 is 80.6 Å². The van der Waals surface area contributed by atoms with Gasteiger partial charge in [-0.2, -0.15) is 16.8 Å². The lowest BCUT2D eigenvalue weighted by Gasteiger charge is -2.19. The van der Waals surface area contributed by atoms with Gasteiger partial charge in [0.15, 0.2) is 23.3 Å². The predicted octanol–water partition coefficient (Wildman–Crippen LogP) is -1.53. The van der Waals surface area contributed by atoms with Gasteiger partial charge in [-0.1, -0.05) is 10.3 Å². The summed E-state index contributed by atoms with van der Waals surface area (Å²) in [5.74, 6) is -4.05. The van der Waals surface area contributed by atoms with Gasteiger partial charge in [0.1, 0.15) is 36.6 Å². The summed E-state index contributed by atoms with van der Waals surface area (Å²) in [7, 11) is -4.46. The SMILES string of the molecule is CO/N=C1\CN(c2nc3c(cc2F)c(=O)c(C(=O)O)cn3C2CC2)CC1CN.CO/N=C1\CN(c2nc3c(cc2F)c(=O)c(C(=O)O)cn3C2CC2)CC1CN.CS(=O)(=O)O.CS(=O)(=O)O.O.O.O. The van der Waals surface area contributed by atoms with E-state index in [4.69, 9.17) is 30.2 Å². The number of carbonyl (C=O) groups is 2.